The third kappa shape index (κ3) is 5.19. The summed E-state index contributed by atoms with van der Waals surface area (Å²) < 4.78 is 10.5. The van der Waals surface area contributed by atoms with Crippen molar-refractivity contribution in [1.29, 1.82) is 0 Å². The molecular weight excluding hydrogens is 242 g/mol. The highest BCUT2D eigenvalue weighted by Gasteiger charge is 2.14. The molecule has 0 saturated heterocycles. The lowest BCUT2D eigenvalue weighted by Gasteiger charge is -2.23. The predicted octanol–water partition coefficient (Wildman–Crippen LogP) is 3.22. The van der Waals surface area contributed by atoms with Crippen molar-refractivity contribution in [1.82, 2.24) is 5.48 Å². The van der Waals surface area contributed by atoms with E-state index < -0.39 is 0 Å². The van der Waals surface area contributed by atoms with Gasteiger partial charge in [-0.3, -0.25) is 4.84 Å². The Hall–Kier alpha value is -1.10. The molecular formula is C15H25NO3. The third-order valence-corrected chi connectivity index (χ3v) is 2.65. The van der Waals surface area contributed by atoms with E-state index in [0.29, 0.717) is 6.61 Å². The number of ether oxygens (including phenoxy) is 2. The van der Waals surface area contributed by atoms with Gasteiger partial charge in [-0.25, -0.2) is 0 Å². The average Bonchev–Trinajstić information content (AvgIpc) is 2.35. The van der Waals surface area contributed by atoms with Crippen molar-refractivity contribution in [3.05, 3.63) is 29.3 Å². The van der Waals surface area contributed by atoms with Crippen LogP contribution >= 0.6 is 0 Å². The van der Waals surface area contributed by atoms with Crippen LogP contribution < -0.4 is 10.2 Å². The third-order valence-electron chi connectivity index (χ3n) is 2.65. The molecule has 1 unspecified atom stereocenters. The van der Waals surface area contributed by atoms with E-state index in [1.54, 1.807) is 14.2 Å². The van der Waals surface area contributed by atoms with Gasteiger partial charge in [0.2, 0.25) is 0 Å². The second-order valence-corrected chi connectivity index (χ2v) is 5.56. The fourth-order valence-electron chi connectivity index (χ4n) is 1.67. The molecule has 0 bridgehead atoms. The van der Waals surface area contributed by atoms with Gasteiger partial charge in [-0.2, -0.15) is 5.48 Å². The first kappa shape index (κ1) is 16.0. The monoisotopic (exact) mass is 267 g/mol. The summed E-state index contributed by atoms with van der Waals surface area (Å²) in [4.78, 5) is 5.59. The zero-order chi connectivity index (χ0) is 14.5. The van der Waals surface area contributed by atoms with Crippen LogP contribution in [0.15, 0.2) is 18.2 Å². The lowest BCUT2D eigenvalue weighted by atomic mass is 10.1. The molecule has 1 rings (SSSR count). The number of rotatable bonds is 6. The lowest BCUT2D eigenvalue weighted by Crippen LogP contribution is -2.31. The molecule has 4 heteroatoms. The van der Waals surface area contributed by atoms with E-state index in [-0.39, 0.29) is 11.6 Å². The Morgan fingerprint density at radius 3 is 2.42 bits per heavy atom. The summed E-state index contributed by atoms with van der Waals surface area (Å²) in [5.41, 5.74) is 5.02. The van der Waals surface area contributed by atoms with Gasteiger partial charge in [0.1, 0.15) is 5.75 Å². The minimum Gasteiger partial charge on any atom is -0.496 e. The van der Waals surface area contributed by atoms with Gasteiger partial charge in [0.15, 0.2) is 0 Å². The van der Waals surface area contributed by atoms with Crippen LogP contribution in [0.5, 0.6) is 5.75 Å². The van der Waals surface area contributed by atoms with Crippen molar-refractivity contribution in [3.63, 3.8) is 0 Å². The van der Waals surface area contributed by atoms with E-state index in [1.165, 1.54) is 0 Å². The van der Waals surface area contributed by atoms with Gasteiger partial charge in [-0.05, 0) is 45.4 Å². The number of hydroxylamine groups is 1. The summed E-state index contributed by atoms with van der Waals surface area (Å²) in [5.74, 6) is 0.842. The lowest BCUT2D eigenvalue weighted by molar-refractivity contribution is -0.0866. The van der Waals surface area contributed by atoms with Crippen molar-refractivity contribution in [2.75, 3.05) is 14.2 Å². The van der Waals surface area contributed by atoms with E-state index in [0.717, 1.165) is 16.9 Å². The highest BCUT2D eigenvalue weighted by Crippen LogP contribution is 2.24. The van der Waals surface area contributed by atoms with Gasteiger partial charge < -0.3 is 9.47 Å². The second-order valence-electron chi connectivity index (χ2n) is 5.56. The Bertz CT molecular complexity index is 399. The molecule has 19 heavy (non-hydrogen) atoms. The van der Waals surface area contributed by atoms with Gasteiger partial charge >= 0.3 is 0 Å². The number of nitrogens with one attached hydrogen (secondary N) is 1. The van der Waals surface area contributed by atoms with E-state index in [2.05, 4.69) is 18.5 Å². The van der Waals surface area contributed by atoms with Crippen molar-refractivity contribution < 1.29 is 14.3 Å². The zero-order valence-corrected chi connectivity index (χ0v) is 12.7. The summed E-state index contributed by atoms with van der Waals surface area (Å²) >= 11 is 0. The Morgan fingerprint density at radius 1 is 1.21 bits per heavy atom. The number of methoxy groups -OCH3 is 2. The maximum Gasteiger partial charge on any atom is 0.124 e. The first-order valence-electron chi connectivity index (χ1n) is 6.46. The SMILES string of the molecule is COCc1cc(C(C)NOC(C)(C)C)ccc1OC. The molecule has 0 saturated carbocycles. The molecule has 0 radical (unpaired) electrons. The van der Waals surface area contributed by atoms with Crippen LogP contribution in [0.25, 0.3) is 0 Å². The number of benzene rings is 1. The molecule has 1 N–H and O–H groups in total. The largest absolute Gasteiger partial charge is 0.496 e. The molecule has 0 heterocycles. The van der Waals surface area contributed by atoms with Gasteiger partial charge in [-0.1, -0.05) is 6.07 Å². The molecule has 0 spiro atoms. The van der Waals surface area contributed by atoms with Crippen molar-refractivity contribution in [2.45, 2.75) is 45.9 Å². The van der Waals surface area contributed by atoms with Gasteiger partial charge in [-0.15, -0.1) is 0 Å². The van der Waals surface area contributed by atoms with Crippen LogP contribution in [0.1, 0.15) is 44.9 Å². The standard InChI is InChI=1S/C15H25NO3/c1-11(16-19-15(2,3)4)12-7-8-14(18-6)13(9-12)10-17-5/h7-9,11,16H,10H2,1-6H3. The maximum absolute atomic E-state index is 5.59. The number of hydrogen-bond acceptors (Lipinski definition) is 4. The van der Waals surface area contributed by atoms with Crippen LogP contribution in [0, 0.1) is 0 Å². The first-order chi connectivity index (χ1) is 8.87. The normalized spacial score (nSPS) is 13.4. The highest BCUT2D eigenvalue weighted by atomic mass is 16.7. The van der Waals surface area contributed by atoms with Crippen LogP contribution in [0.3, 0.4) is 0 Å². The molecule has 0 fully saturated rings. The summed E-state index contributed by atoms with van der Waals surface area (Å²) in [7, 11) is 3.34. The molecule has 0 aliphatic heterocycles. The van der Waals surface area contributed by atoms with Crippen molar-refractivity contribution >= 4 is 0 Å². The van der Waals surface area contributed by atoms with Gasteiger partial charge in [0.25, 0.3) is 0 Å². The molecule has 0 aliphatic rings. The average molecular weight is 267 g/mol. The van der Waals surface area contributed by atoms with Crippen LogP contribution in [-0.4, -0.2) is 19.8 Å². The molecule has 108 valence electrons. The Labute approximate surface area is 116 Å². The number of hydrogen-bond donors (Lipinski definition) is 1. The van der Waals surface area contributed by atoms with Crippen LogP contribution in [0.4, 0.5) is 0 Å². The maximum atomic E-state index is 5.59. The molecule has 1 aromatic rings. The summed E-state index contributed by atoms with van der Waals surface area (Å²) in [5, 5.41) is 0. The van der Waals surface area contributed by atoms with Gasteiger partial charge in [0, 0.05) is 12.7 Å². The Balaban J connectivity index is 2.80. The van der Waals surface area contributed by atoms with Gasteiger partial charge in [0.05, 0.1) is 25.4 Å². The summed E-state index contributed by atoms with van der Waals surface area (Å²) in [6.07, 6.45) is 0. The Kier molecular flexibility index (Phi) is 5.79. The fourth-order valence-corrected chi connectivity index (χ4v) is 1.67. The molecule has 1 atom stereocenters. The summed E-state index contributed by atoms with van der Waals surface area (Å²) in [6, 6.07) is 6.16. The molecule has 1 aromatic carbocycles. The first-order valence-corrected chi connectivity index (χ1v) is 6.46. The van der Waals surface area contributed by atoms with Crippen molar-refractivity contribution in [2.24, 2.45) is 0 Å². The minimum atomic E-state index is -0.212. The Morgan fingerprint density at radius 2 is 1.89 bits per heavy atom. The fraction of sp³-hybridized carbons (Fsp3) is 0.600. The van der Waals surface area contributed by atoms with E-state index >= 15 is 0 Å². The highest BCUT2D eigenvalue weighted by molar-refractivity contribution is 5.37. The zero-order valence-electron chi connectivity index (χ0n) is 12.7. The van der Waals surface area contributed by atoms with Crippen LogP contribution in [-0.2, 0) is 16.2 Å². The minimum absolute atomic E-state index is 0.0979. The van der Waals surface area contributed by atoms with Crippen molar-refractivity contribution in [3.8, 4) is 5.75 Å². The molecule has 0 amide bonds. The smallest absolute Gasteiger partial charge is 0.124 e. The van der Waals surface area contributed by atoms with E-state index in [4.69, 9.17) is 14.3 Å². The van der Waals surface area contributed by atoms with E-state index in [1.807, 2.05) is 32.9 Å². The topological polar surface area (TPSA) is 39.7 Å². The van der Waals surface area contributed by atoms with Crippen LogP contribution in [0.2, 0.25) is 0 Å². The summed E-state index contributed by atoms with van der Waals surface area (Å²) in [6.45, 7) is 8.62. The van der Waals surface area contributed by atoms with E-state index in [9.17, 15) is 0 Å². The second kappa shape index (κ2) is 6.89. The quantitative estimate of drug-likeness (QED) is 0.803. The molecule has 0 aromatic heterocycles. The molecule has 4 nitrogen and oxygen atoms in total. The molecule has 0 aliphatic carbocycles. The predicted molar refractivity (Wildman–Crippen MR) is 76.1 cm³/mol.